The molecule has 0 fully saturated rings. The molecule has 5 heteroatoms. The van der Waals surface area contributed by atoms with Crippen LogP contribution in [0.2, 0.25) is 0 Å². The fraction of sp³-hybridized carbons (Fsp3) is 0. The summed E-state index contributed by atoms with van der Waals surface area (Å²) in [5, 5.41) is 12.8. The molecule has 0 saturated carbocycles. The first kappa shape index (κ1) is 15.2. The van der Waals surface area contributed by atoms with Gasteiger partial charge in [-0.3, -0.25) is 10.1 Å². The predicted molar refractivity (Wildman–Crippen MR) is 92.5 cm³/mol. The van der Waals surface area contributed by atoms with E-state index >= 15 is 0 Å². The molecule has 3 aromatic rings. The third-order valence-electron chi connectivity index (χ3n) is 3.66. The van der Waals surface area contributed by atoms with Crippen LogP contribution in [0.15, 0.2) is 84.9 Å². The second kappa shape index (κ2) is 6.19. The summed E-state index contributed by atoms with van der Waals surface area (Å²) in [6.07, 6.45) is 0. The number of para-hydroxylation sites is 1. The van der Waals surface area contributed by atoms with E-state index in [0.717, 1.165) is 0 Å². The minimum atomic E-state index is -3.31. The van der Waals surface area contributed by atoms with E-state index in [1.54, 1.807) is 66.7 Å². The third-order valence-corrected chi connectivity index (χ3v) is 6.76. The summed E-state index contributed by atoms with van der Waals surface area (Å²) < 4.78 is 14.0. The lowest BCUT2D eigenvalue weighted by atomic mass is 10.3. The van der Waals surface area contributed by atoms with Crippen molar-refractivity contribution in [3.63, 3.8) is 0 Å². The van der Waals surface area contributed by atoms with Gasteiger partial charge < -0.3 is 4.57 Å². The van der Waals surface area contributed by atoms with Crippen LogP contribution >= 0.6 is 7.14 Å². The Bertz CT molecular complexity index is 836. The molecule has 0 aliphatic rings. The molecule has 0 heterocycles. The lowest BCUT2D eigenvalue weighted by Crippen LogP contribution is -2.26. The number of nitrogens with zero attached hydrogens (tertiary/aromatic N) is 1. The zero-order chi connectivity index (χ0) is 16.3. The van der Waals surface area contributed by atoms with Crippen molar-refractivity contribution in [2.45, 2.75) is 0 Å². The van der Waals surface area contributed by atoms with Gasteiger partial charge in [0.15, 0.2) is 7.14 Å². The Kier molecular flexibility index (Phi) is 4.09. The Balaban J connectivity index is 2.35. The molecule has 3 aromatic carbocycles. The molecule has 3 rings (SSSR count). The highest BCUT2D eigenvalue weighted by Gasteiger charge is 2.35. The molecule has 0 aliphatic heterocycles. The molecule has 0 spiro atoms. The van der Waals surface area contributed by atoms with E-state index in [4.69, 9.17) is 0 Å². The average molecular weight is 323 g/mol. The van der Waals surface area contributed by atoms with E-state index in [9.17, 15) is 14.7 Å². The lowest BCUT2D eigenvalue weighted by molar-refractivity contribution is -0.383. The summed E-state index contributed by atoms with van der Waals surface area (Å²) in [6, 6.07) is 24.1. The van der Waals surface area contributed by atoms with Crippen LogP contribution in [0.3, 0.4) is 0 Å². The molecule has 4 nitrogen and oxygen atoms in total. The van der Waals surface area contributed by atoms with Gasteiger partial charge in [0.25, 0.3) is 5.69 Å². The van der Waals surface area contributed by atoms with Gasteiger partial charge in [0.2, 0.25) is 0 Å². The number of hydrogen-bond donors (Lipinski definition) is 0. The van der Waals surface area contributed by atoms with Crippen molar-refractivity contribution in [2.24, 2.45) is 0 Å². The summed E-state index contributed by atoms with van der Waals surface area (Å²) in [5.41, 5.74) is -0.122. The Morgan fingerprint density at radius 1 is 0.696 bits per heavy atom. The molecule has 0 saturated heterocycles. The number of nitro benzene ring substituents is 1. The number of nitro groups is 1. The lowest BCUT2D eigenvalue weighted by Gasteiger charge is -2.19. The van der Waals surface area contributed by atoms with Crippen molar-refractivity contribution in [1.29, 1.82) is 0 Å². The van der Waals surface area contributed by atoms with Gasteiger partial charge in [0.05, 0.1) is 10.2 Å². The van der Waals surface area contributed by atoms with Gasteiger partial charge in [0, 0.05) is 16.7 Å². The molecule has 0 amide bonds. The van der Waals surface area contributed by atoms with E-state index in [1.807, 2.05) is 12.1 Å². The van der Waals surface area contributed by atoms with Crippen molar-refractivity contribution >= 4 is 28.7 Å². The van der Waals surface area contributed by atoms with Crippen LogP contribution in [0.4, 0.5) is 5.69 Å². The van der Waals surface area contributed by atoms with Gasteiger partial charge in [0.1, 0.15) is 0 Å². The van der Waals surface area contributed by atoms with Crippen molar-refractivity contribution in [3.8, 4) is 0 Å². The molecule has 0 N–H and O–H groups in total. The molecule has 0 aliphatic carbocycles. The molecule has 114 valence electrons. The fourth-order valence-corrected chi connectivity index (χ4v) is 5.40. The summed E-state index contributed by atoms with van der Waals surface area (Å²) >= 11 is 0. The highest BCUT2D eigenvalue weighted by atomic mass is 31.2. The molecule has 0 radical (unpaired) electrons. The number of rotatable bonds is 4. The predicted octanol–water partition coefficient (Wildman–Crippen LogP) is 3.23. The quantitative estimate of drug-likeness (QED) is 0.421. The Labute approximate surface area is 133 Å². The Hall–Kier alpha value is -2.71. The van der Waals surface area contributed by atoms with Gasteiger partial charge in [-0.25, -0.2) is 0 Å². The van der Waals surface area contributed by atoms with E-state index in [2.05, 4.69) is 0 Å². The maximum absolute atomic E-state index is 14.0. The van der Waals surface area contributed by atoms with Gasteiger partial charge in [-0.15, -0.1) is 0 Å². The Morgan fingerprint density at radius 3 is 1.61 bits per heavy atom. The molecule has 0 bridgehead atoms. The third kappa shape index (κ3) is 2.69. The number of hydrogen-bond acceptors (Lipinski definition) is 3. The summed E-state index contributed by atoms with van der Waals surface area (Å²) in [7, 11) is -3.31. The van der Waals surface area contributed by atoms with Crippen LogP contribution in [0, 0.1) is 10.1 Å². The van der Waals surface area contributed by atoms with Gasteiger partial charge in [-0.1, -0.05) is 72.8 Å². The maximum atomic E-state index is 14.0. The van der Waals surface area contributed by atoms with Gasteiger partial charge in [-0.2, -0.15) is 0 Å². The molecular weight excluding hydrogens is 309 g/mol. The van der Waals surface area contributed by atoms with Crippen molar-refractivity contribution in [3.05, 3.63) is 95.0 Å². The van der Waals surface area contributed by atoms with Crippen molar-refractivity contribution < 1.29 is 9.49 Å². The summed E-state index contributed by atoms with van der Waals surface area (Å²) in [5.74, 6) is 0. The SMILES string of the molecule is O=[N+]([O-])c1ccccc1P(=O)(c1ccccc1)c1ccccc1. The normalized spacial score (nSPS) is 11.1. The minimum absolute atomic E-state index is 0.122. The fourth-order valence-electron chi connectivity index (χ4n) is 2.59. The highest BCUT2D eigenvalue weighted by Crippen LogP contribution is 2.44. The summed E-state index contributed by atoms with van der Waals surface area (Å²) in [4.78, 5) is 10.9. The van der Waals surface area contributed by atoms with Gasteiger partial charge in [-0.05, 0) is 6.07 Å². The van der Waals surface area contributed by atoms with Gasteiger partial charge >= 0.3 is 0 Å². The second-order valence-corrected chi connectivity index (χ2v) is 7.76. The second-order valence-electron chi connectivity index (χ2n) is 5.03. The first-order valence-electron chi connectivity index (χ1n) is 7.09. The molecule has 0 atom stereocenters. The van der Waals surface area contributed by atoms with Crippen LogP contribution in [-0.2, 0) is 4.57 Å². The molecule has 0 unspecified atom stereocenters. The molecular formula is C18H14NO3P. The van der Waals surface area contributed by atoms with Crippen LogP contribution in [0.5, 0.6) is 0 Å². The van der Waals surface area contributed by atoms with Crippen LogP contribution in [-0.4, -0.2) is 4.92 Å². The zero-order valence-electron chi connectivity index (χ0n) is 12.2. The molecule has 0 aromatic heterocycles. The minimum Gasteiger partial charge on any atom is -0.308 e. The number of benzene rings is 3. The van der Waals surface area contributed by atoms with E-state index in [-0.39, 0.29) is 11.0 Å². The zero-order valence-corrected chi connectivity index (χ0v) is 13.1. The van der Waals surface area contributed by atoms with Crippen molar-refractivity contribution in [2.75, 3.05) is 0 Å². The van der Waals surface area contributed by atoms with Crippen LogP contribution in [0.1, 0.15) is 0 Å². The first-order valence-corrected chi connectivity index (χ1v) is 8.80. The highest BCUT2D eigenvalue weighted by molar-refractivity contribution is 7.85. The Morgan fingerprint density at radius 2 is 1.13 bits per heavy atom. The topological polar surface area (TPSA) is 60.2 Å². The largest absolute Gasteiger partial charge is 0.308 e. The average Bonchev–Trinajstić information content (AvgIpc) is 2.62. The maximum Gasteiger partial charge on any atom is 0.280 e. The van der Waals surface area contributed by atoms with E-state index < -0.39 is 12.1 Å². The van der Waals surface area contributed by atoms with Crippen molar-refractivity contribution in [1.82, 2.24) is 0 Å². The van der Waals surface area contributed by atoms with E-state index in [0.29, 0.717) is 10.6 Å². The molecule has 23 heavy (non-hydrogen) atoms. The smallest absolute Gasteiger partial charge is 0.280 e. The van der Waals surface area contributed by atoms with E-state index in [1.165, 1.54) is 6.07 Å². The standard InChI is InChI=1S/C18H14NO3P/c20-19(21)17-13-7-8-14-18(17)23(22,15-9-3-1-4-10-15)16-11-5-2-6-12-16/h1-14H. The first-order chi connectivity index (χ1) is 11.1. The van der Waals surface area contributed by atoms with Crippen LogP contribution < -0.4 is 15.9 Å². The summed E-state index contributed by atoms with van der Waals surface area (Å²) in [6.45, 7) is 0. The monoisotopic (exact) mass is 323 g/mol. The van der Waals surface area contributed by atoms with Crippen LogP contribution in [0.25, 0.3) is 0 Å².